The van der Waals surface area contributed by atoms with Gasteiger partial charge in [-0.2, -0.15) is 0 Å². The van der Waals surface area contributed by atoms with E-state index in [1.165, 1.54) is 11.3 Å². The van der Waals surface area contributed by atoms with Gasteiger partial charge in [-0.05, 0) is 24.3 Å². The van der Waals surface area contributed by atoms with Crippen LogP contribution < -0.4 is 5.32 Å². The van der Waals surface area contributed by atoms with Crippen LogP contribution in [0.4, 0.5) is 11.1 Å². The van der Waals surface area contributed by atoms with Gasteiger partial charge in [-0.3, -0.25) is 4.98 Å². The van der Waals surface area contributed by atoms with Crippen molar-refractivity contribution >= 4 is 33.5 Å². The Morgan fingerprint density at radius 3 is 2.86 bits per heavy atom. The first-order valence-corrected chi connectivity index (χ1v) is 7.34. The minimum absolute atomic E-state index is 0.697. The van der Waals surface area contributed by atoms with Crippen molar-refractivity contribution < 1.29 is 0 Å². The average Bonchev–Trinajstić information content (AvgIpc) is 3.14. The number of anilines is 2. The van der Waals surface area contributed by atoms with Gasteiger partial charge in [0.1, 0.15) is 0 Å². The van der Waals surface area contributed by atoms with Gasteiger partial charge in [0.05, 0.1) is 16.7 Å². The molecule has 5 nitrogen and oxygen atoms in total. The highest BCUT2D eigenvalue weighted by Gasteiger charge is 2.07. The fraction of sp³-hybridized carbons (Fsp3) is 0. The van der Waals surface area contributed by atoms with E-state index in [4.69, 9.17) is 0 Å². The molecule has 0 aliphatic carbocycles. The van der Waals surface area contributed by atoms with E-state index in [0.717, 1.165) is 27.4 Å². The van der Waals surface area contributed by atoms with E-state index < -0.39 is 0 Å². The highest BCUT2D eigenvalue weighted by atomic mass is 32.1. The maximum absolute atomic E-state index is 4.55. The number of para-hydroxylation sites is 2. The number of imidazole rings is 1. The predicted octanol–water partition coefficient (Wildman–Crippen LogP) is 3.83. The Morgan fingerprint density at radius 2 is 2.00 bits per heavy atom. The lowest BCUT2D eigenvalue weighted by molar-refractivity contribution is 1.27. The van der Waals surface area contributed by atoms with Crippen molar-refractivity contribution in [1.82, 2.24) is 19.9 Å². The summed E-state index contributed by atoms with van der Waals surface area (Å²) in [6.45, 7) is 0. The molecule has 0 saturated heterocycles. The zero-order chi connectivity index (χ0) is 14.1. The fourth-order valence-corrected chi connectivity index (χ4v) is 2.81. The van der Waals surface area contributed by atoms with Crippen molar-refractivity contribution in [1.29, 1.82) is 0 Å². The zero-order valence-corrected chi connectivity index (χ0v) is 11.8. The van der Waals surface area contributed by atoms with Crippen molar-refractivity contribution in [2.24, 2.45) is 0 Å². The summed E-state index contributed by atoms with van der Waals surface area (Å²) in [5, 5.41) is 6.00. The third-order valence-corrected chi connectivity index (χ3v) is 3.83. The van der Waals surface area contributed by atoms with Crippen LogP contribution in [0.1, 0.15) is 0 Å². The zero-order valence-electron chi connectivity index (χ0n) is 10.9. The number of hydrogen-bond donors (Lipinski definition) is 2. The minimum atomic E-state index is 0.697. The number of nitrogens with zero attached hydrogens (tertiary/aromatic N) is 3. The monoisotopic (exact) mass is 293 g/mol. The summed E-state index contributed by atoms with van der Waals surface area (Å²) in [4.78, 5) is 16.4. The van der Waals surface area contributed by atoms with Crippen LogP contribution in [0.25, 0.3) is 22.3 Å². The molecule has 0 aliphatic rings. The van der Waals surface area contributed by atoms with Gasteiger partial charge in [-0.1, -0.05) is 12.1 Å². The lowest BCUT2D eigenvalue weighted by Crippen LogP contribution is -1.91. The number of thiazole rings is 1. The molecule has 0 amide bonds. The molecule has 0 atom stereocenters. The van der Waals surface area contributed by atoms with Gasteiger partial charge in [0.25, 0.3) is 0 Å². The third kappa shape index (κ3) is 2.36. The van der Waals surface area contributed by atoms with Crippen molar-refractivity contribution in [3.8, 4) is 11.3 Å². The van der Waals surface area contributed by atoms with E-state index in [1.54, 1.807) is 12.4 Å². The van der Waals surface area contributed by atoms with Gasteiger partial charge in [0.15, 0.2) is 5.13 Å². The summed E-state index contributed by atoms with van der Waals surface area (Å²) in [5.74, 6) is 0.697. The Morgan fingerprint density at radius 1 is 1.05 bits per heavy atom. The lowest BCUT2D eigenvalue weighted by atomic mass is 10.2. The highest BCUT2D eigenvalue weighted by molar-refractivity contribution is 7.14. The molecule has 0 saturated carbocycles. The van der Waals surface area contributed by atoms with Crippen LogP contribution in [0.5, 0.6) is 0 Å². The van der Waals surface area contributed by atoms with E-state index in [0.29, 0.717) is 5.95 Å². The Kier molecular flexibility index (Phi) is 2.86. The SMILES string of the molecule is c1cncc(-c2csc(Nc3nc4ccccc4[nH]3)n2)c1. The number of aromatic nitrogens is 4. The second-order valence-electron chi connectivity index (χ2n) is 4.51. The van der Waals surface area contributed by atoms with E-state index in [-0.39, 0.29) is 0 Å². The number of aromatic amines is 1. The van der Waals surface area contributed by atoms with Gasteiger partial charge in [0, 0.05) is 23.3 Å². The van der Waals surface area contributed by atoms with E-state index in [2.05, 4.69) is 25.3 Å². The average molecular weight is 293 g/mol. The number of fused-ring (bicyclic) bond motifs is 1. The number of H-pyrrole nitrogens is 1. The summed E-state index contributed by atoms with van der Waals surface area (Å²) in [7, 11) is 0. The van der Waals surface area contributed by atoms with Gasteiger partial charge < -0.3 is 10.3 Å². The normalized spacial score (nSPS) is 10.9. The van der Waals surface area contributed by atoms with Crippen LogP contribution in [0.2, 0.25) is 0 Å². The largest absolute Gasteiger partial charge is 0.324 e. The standard InChI is InChI=1S/C15H11N5S/c1-2-6-12-11(5-1)17-14(18-12)20-15-19-13(9-21-15)10-4-3-7-16-8-10/h1-9H,(H2,17,18,19,20). The predicted molar refractivity (Wildman–Crippen MR) is 84.7 cm³/mol. The second kappa shape index (κ2) is 4.99. The number of pyridine rings is 1. The van der Waals surface area contributed by atoms with Crippen molar-refractivity contribution in [3.05, 3.63) is 54.2 Å². The maximum atomic E-state index is 4.55. The molecule has 0 unspecified atom stereocenters. The topological polar surface area (TPSA) is 66.5 Å². The first-order valence-electron chi connectivity index (χ1n) is 6.46. The summed E-state index contributed by atoms with van der Waals surface area (Å²) in [6.07, 6.45) is 3.56. The molecule has 0 aliphatic heterocycles. The number of nitrogens with one attached hydrogen (secondary N) is 2. The molecule has 1 aromatic carbocycles. The molecule has 2 N–H and O–H groups in total. The van der Waals surface area contributed by atoms with Crippen molar-refractivity contribution in [3.63, 3.8) is 0 Å². The van der Waals surface area contributed by atoms with Crippen LogP contribution in [-0.2, 0) is 0 Å². The highest BCUT2D eigenvalue weighted by Crippen LogP contribution is 2.26. The molecule has 21 heavy (non-hydrogen) atoms. The minimum Gasteiger partial charge on any atom is -0.324 e. The van der Waals surface area contributed by atoms with E-state index in [1.807, 2.05) is 41.8 Å². The smallest absolute Gasteiger partial charge is 0.207 e. The molecule has 102 valence electrons. The second-order valence-corrected chi connectivity index (χ2v) is 5.37. The third-order valence-electron chi connectivity index (χ3n) is 3.08. The summed E-state index contributed by atoms with van der Waals surface area (Å²) < 4.78 is 0. The Balaban J connectivity index is 1.61. The molecular weight excluding hydrogens is 282 g/mol. The molecule has 0 radical (unpaired) electrons. The maximum Gasteiger partial charge on any atom is 0.207 e. The Labute approximate surface area is 124 Å². The Hall–Kier alpha value is -2.73. The van der Waals surface area contributed by atoms with Gasteiger partial charge in [-0.25, -0.2) is 9.97 Å². The fourth-order valence-electron chi connectivity index (χ4n) is 2.09. The lowest BCUT2D eigenvalue weighted by Gasteiger charge is -1.96. The summed E-state index contributed by atoms with van der Waals surface area (Å²) in [6, 6.07) is 11.8. The molecule has 4 aromatic rings. The number of rotatable bonds is 3. The summed E-state index contributed by atoms with van der Waals surface area (Å²) in [5.41, 5.74) is 3.85. The molecule has 4 rings (SSSR count). The van der Waals surface area contributed by atoms with Gasteiger partial charge in [-0.15, -0.1) is 11.3 Å². The van der Waals surface area contributed by atoms with Crippen LogP contribution >= 0.6 is 11.3 Å². The van der Waals surface area contributed by atoms with E-state index in [9.17, 15) is 0 Å². The van der Waals surface area contributed by atoms with Gasteiger partial charge >= 0.3 is 0 Å². The molecular formula is C15H11N5S. The summed E-state index contributed by atoms with van der Waals surface area (Å²) >= 11 is 1.54. The molecule has 3 aromatic heterocycles. The first-order chi connectivity index (χ1) is 10.4. The van der Waals surface area contributed by atoms with Crippen LogP contribution in [-0.4, -0.2) is 19.9 Å². The van der Waals surface area contributed by atoms with Crippen molar-refractivity contribution in [2.45, 2.75) is 0 Å². The van der Waals surface area contributed by atoms with Crippen LogP contribution in [0.15, 0.2) is 54.2 Å². The van der Waals surface area contributed by atoms with Crippen LogP contribution in [0, 0.1) is 0 Å². The Bertz CT molecular complexity index is 848. The molecule has 0 spiro atoms. The first kappa shape index (κ1) is 12.0. The van der Waals surface area contributed by atoms with Gasteiger partial charge in [0.2, 0.25) is 5.95 Å². The number of benzene rings is 1. The molecule has 0 bridgehead atoms. The van der Waals surface area contributed by atoms with Crippen molar-refractivity contribution in [2.75, 3.05) is 5.32 Å². The molecule has 3 heterocycles. The molecule has 0 fully saturated rings. The molecule has 6 heteroatoms. The van der Waals surface area contributed by atoms with Crippen LogP contribution in [0.3, 0.4) is 0 Å². The van der Waals surface area contributed by atoms with E-state index >= 15 is 0 Å². The quantitative estimate of drug-likeness (QED) is 0.602. The number of hydrogen-bond acceptors (Lipinski definition) is 5.